The van der Waals surface area contributed by atoms with Crippen LogP contribution in [0.15, 0.2) is 36.4 Å². The molecule has 4 rings (SSSR count). The van der Waals surface area contributed by atoms with Gasteiger partial charge in [-0.3, -0.25) is 9.59 Å². The number of carbonyl (C=O) groups is 2. The van der Waals surface area contributed by atoms with Gasteiger partial charge in [-0.15, -0.1) is 0 Å². The molecule has 1 aromatic carbocycles. The number of rotatable bonds is 5. The lowest BCUT2D eigenvalue weighted by Crippen LogP contribution is -2.40. The Morgan fingerprint density at radius 3 is 2.88 bits per heavy atom. The number of benzene rings is 1. The minimum atomic E-state index is -0.760. The third-order valence-corrected chi connectivity index (χ3v) is 5.31. The fourth-order valence-electron chi connectivity index (χ4n) is 4.17. The zero-order valence-corrected chi connectivity index (χ0v) is 15.2. The van der Waals surface area contributed by atoms with E-state index in [1.165, 1.54) is 0 Å². The summed E-state index contributed by atoms with van der Waals surface area (Å²) in [5, 5.41) is 0. The quantitative estimate of drug-likeness (QED) is 0.597. The number of hydrogen-bond acceptors (Lipinski definition) is 5. The summed E-state index contributed by atoms with van der Waals surface area (Å²) in [6.07, 6.45) is 3.43. The van der Waals surface area contributed by atoms with Crippen LogP contribution in [0.1, 0.15) is 13.8 Å². The van der Waals surface area contributed by atoms with Gasteiger partial charge < -0.3 is 19.1 Å². The van der Waals surface area contributed by atoms with Gasteiger partial charge in [-0.05, 0) is 18.1 Å². The van der Waals surface area contributed by atoms with Crippen LogP contribution >= 0.6 is 0 Å². The molecule has 4 atom stereocenters. The summed E-state index contributed by atoms with van der Waals surface area (Å²) in [6.45, 7) is 4.68. The second-order valence-corrected chi connectivity index (χ2v) is 7.52. The number of para-hydroxylation sites is 2. The van der Waals surface area contributed by atoms with E-state index in [9.17, 15) is 9.59 Å². The smallest absolute Gasteiger partial charge is 0.312 e. The largest absolute Gasteiger partial charge is 0.495 e. The molecule has 138 valence electrons. The van der Waals surface area contributed by atoms with E-state index in [1.54, 1.807) is 12.0 Å². The normalized spacial score (nSPS) is 31.6. The molecule has 2 fully saturated rings. The summed E-state index contributed by atoms with van der Waals surface area (Å²) < 4.78 is 16.9. The van der Waals surface area contributed by atoms with Crippen LogP contribution in [0.4, 0.5) is 5.69 Å². The van der Waals surface area contributed by atoms with Gasteiger partial charge in [-0.2, -0.15) is 0 Å². The number of ether oxygens (including phenoxy) is 3. The molecule has 1 amide bonds. The molecule has 0 N–H and O–H groups in total. The molecule has 3 heterocycles. The molecule has 0 aromatic heterocycles. The highest BCUT2D eigenvalue weighted by atomic mass is 16.6. The molecule has 0 saturated carbocycles. The molecule has 0 aliphatic carbocycles. The maximum atomic E-state index is 13.2. The summed E-state index contributed by atoms with van der Waals surface area (Å²) >= 11 is 0. The monoisotopic (exact) mass is 357 g/mol. The molecular weight excluding hydrogens is 334 g/mol. The highest BCUT2D eigenvalue weighted by Gasteiger charge is 2.67. The number of esters is 1. The van der Waals surface area contributed by atoms with Crippen molar-refractivity contribution < 1.29 is 23.8 Å². The van der Waals surface area contributed by atoms with Gasteiger partial charge in [0.05, 0.1) is 38.0 Å². The number of carbonyl (C=O) groups excluding carboxylic acids is 2. The second kappa shape index (κ2) is 6.13. The predicted octanol–water partition coefficient (Wildman–Crippen LogP) is 2.18. The molecule has 3 aliphatic heterocycles. The topological polar surface area (TPSA) is 65.1 Å². The van der Waals surface area contributed by atoms with Gasteiger partial charge in [0.15, 0.2) is 0 Å². The molecular formula is C20H23NO5. The minimum Gasteiger partial charge on any atom is -0.495 e. The van der Waals surface area contributed by atoms with Crippen LogP contribution in [0, 0.1) is 17.8 Å². The molecule has 1 unspecified atom stereocenters. The standard InChI is InChI=1S/C20H23NO5/c1-12(2)10-25-19(23)16-15-8-9-20(26-15)11-21(18(22)17(16)20)13-6-4-5-7-14(13)24-3/h4-9,12,15-17H,10-11H2,1-3H3/t15-,16?,17+,20-/m1/s1. The van der Waals surface area contributed by atoms with Gasteiger partial charge in [0.1, 0.15) is 17.3 Å². The maximum Gasteiger partial charge on any atom is 0.312 e. The number of anilines is 1. The highest BCUT2D eigenvalue weighted by Crippen LogP contribution is 2.53. The molecule has 1 spiro atoms. The van der Waals surface area contributed by atoms with E-state index >= 15 is 0 Å². The van der Waals surface area contributed by atoms with E-state index in [4.69, 9.17) is 14.2 Å². The van der Waals surface area contributed by atoms with Crippen molar-refractivity contribution in [3.05, 3.63) is 36.4 Å². The van der Waals surface area contributed by atoms with Crippen molar-refractivity contribution in [2.75, 3.05) is 25.2 Å². The summed E-state index contributed by atoms with van der Waals surface area (Å²) in [4.78, 5) is 27.6. The van der Waals surface area contributed by atoms with Gasteiger partial charge in [0, 0.05) is 0 Å². The molecule has 6 nitrogen and oxygen atoms in total. The fraction of sp³-hybridized carbons (Fsp3) is 0.500. The summed E-state index contributed by atoms with van der Waals surface area (Å²) in [5.41, 5.74) is -0.0667. The van der Waals surface area contributed by atoms with E-state index in [-0.39, 0.29) is 23.9 Å². The number of amides is 1. The first-order valence-corrected chi connectivity index (χ1v) is 8.95. The van der Waals surface area contributed by atoms with E-state index in [2.05, 4.69) is 0 Å². The average Bonchev–Trinajstić information content (AvgIpc) is 3.28. The Labute approximate surface area is 152 Å². The van der Waals surface area contributed by atoms with Crippen molar-refractivity contribution in [1.29, 1.82) is 0 Å². The zero-order chi connectivity index (χ0) is 18.5. The molecule has 0 radical (unpaired) electrons. The summed E-state index contributed by atoms with van der Waals surface area (Å²) in [7, 11) is 1.58. The predicted molar refractivity (Wildman–Crippen MR) is 94.9 cm³/mol. The molecule has 6 heteroatoms. The first-order valence-electron chi connectivity index (χ1n) is 8.95. The number of fused-ring (bicyclic) bond motifs is 1. The molecule has 26 heavy (non-hydrogen) atoms. The number of nitrogens with zero attached hydrogens (tertiary/aromatic N) is 1. The van der Waals surface area contributed by atoms with E-state index in [1.807, 2.05) is 50.3 Å². The van der Waals surface area contributed by atoms with Gasteiger partial charge >= 0.3 is 5.97 Å². The first-order chi connectivity index (χ1) is 12.5. The Morgan fingerprint density at radius 2 is 2.15 bits per heavy atom. The zero-order valence-electron chi connectivity index (χ0n) is 15.2. The molecule has 2 saturated heterocycles. The Hall–Kier alpha value is -2.34. The third kappa shape index (κ3) is 2.43. The summed E-state index contributed by atoms with van der Waals surface area (Å²) in [5.74, 6) is -0.752. The Bertz CT molecular complexity index is 773. The van der Waals surface area contributed by atoms with Crippen LogP contribution < -0.4 is 9.64 Å². The van der Waals surface area contributed by atoms with Crippen LogP contribution in [-0.2, 0) is 19.1 Å². The summed E-state index contributed by atoms with van der Waals surface area (Å²) in [6, 6.07) is 7.38. The first kappa shape index (κ1) is 17.1. The fourth-order valence-corrected chi connectivity index (χ4v) is 4.17. The van der Waals surface area contributed by atoms with Crippen molar-refractivity contribution >= 4 is 17.6 Å². The highest BCUT2D eigenvalue weighted by molar-refractivity contribution is 6.03. The Balaban J connectivity index is 1.64. The Morgan fingerprint density at radius 1 is 1.38 bits per heavy atom. The average molecular weight is 357 g/mol. The van der Waals surface area contributed by atoms with Crippen molar-refractivity contribution in [2.24, 2.45) is 17.8 Å². The lowest BCUT2D eigenvalue weighted by molar-refractivity contribution is -0.153. The second-order valence-electron chi connectivity index (χ2n) is 7.52. The van der Waals surface area contributed by atoms with Crippen LogP contribution in [-0.4, -0.2) is 43.8 Å². The van der Waals surface area contributed by atoms with E-state index in [0.717, 1.165) is 0 Å². The van der Waals surface area contributed by atoms with Crippen LogP contribution in [0.2, 0.25) is 0 Å². The van der Waals surface area contributed by atoms with Crippen molar-refractivity contribution in [1.82, 2.24) is 0 Å². The third-order valence-electron chi connectivity index (χ3n) is 5.31. The lowest BCUT2D eigenvalue weighted by Gasteiger charge is -2.23. The minimum absolute atomic E-state index is 0.118. The SMILES string of the molecule is COc1ccccc1N1C[C@@]23C=C[C@@H](O2)C(C(=O)OCC(C)C)[C@H]3C1=O. The van der Waals surface area contributed by atoms with Crippen molar-refractivity contribution in [3.63, 3.8) is 0 Å². The molecule has 2 bridgehead atoms. The van der Waals surface area contributed by atoms with Gasteiger partial charge in [0.2, 0.25) is 5.91 Å². The van der Waals surface area contributed by atoms with Crippen LogP contribution in [0.3, 0.4) is 0 Å². The Kier molecular flexibility index (Phi) is 4.03. The van der Waals surface area contributed by atoms with Gasteiger partial charge in [-0.1, -0.05) is 38.1 Å². The van der Waals surface area contributed by atoms with E-state index < -0.39 is 17.4 Å². The lowest BCUT2D eigenvalue weighted by atomic mass is 9.77. The van der Waals surface area contributed by atoms with Crippen molar-refractivity contribution in [2.45, 2.75) is 25.6 Å². The van der Waals surface area contributed by atoms with E-state index in [0.29, 0.717) is 24.6 Å². The van der Waals surface area contributed by atoms with Gasteiger partial charge in [0.25, 0.3) is 0 Å². The van der Waals surface area contributed by atoms with Crippen molar-refractivity contribution in [3.8, 4) is 5.75 Å². The van der Waals surface area contributed by atoms with Gasteiger partial charge in [-0.25, -0.2) is 0 Å². The number of hydrogen-bond donors (Lipinski definition) is 0. The van der Waals surface area contributed by atoms with Crippen LogP contribution in [0.5, 0.6) is 5.75 Å². The number of methoxy groups -OCH3 is 1. The maximum absolute atomic E-state index is 13.2. The molecule has 3 aliphatic rings. The van der Waals surface area contributed by atoms with Crippen LogP contribution in [0.25, 0.3) is 0 Å². The molecule has 1 aromatic rings.